The average Bonchev–Trinajstić information content (AvgIpc) is 2.13. The molecule has 0 spiro atoms. The topological polar surface area (TPSA) is 63.4 Å². The molecule has 1 aromatic carbocycles. The maximum atomic E-state index is 12.0. The number of nitrogen functional groups attached to an aromatic ring is 1. The summed E-state index contributed by atoms with van der Waals surface area (Å²) < 4.78 is 24.0. The molecule has 2 N–H and O–H groups in total. The lowest BCUT2D eigenvalue weighted by molar-refractivity contribution is 0.232. The summed E-state index contributed by atoms with van der Waals surface area (Å²) in [4.78, 5) is 2.36. The van der Waals surface area contributed by atoms with Crippen molar-refractivity contribution in [1.29, 1.82) is 0 Å². The van der Waals surface area contributed by atoms with E-state index in [0.29, 0.717) is 23.7 Å². The molecule has 5 heteroatoms. The molecule has 1 aliphatic rings. The molecule has 15 heavy (non-hydrogen) atoms. The second-order valence-corrected chi connectivity index (χ2v) is 6.19. The van der Waals surface area contributed by atoms with Crippen LogP contribution in [0.25, 0.3) is 0 Å². The summed E-state index contributed by atoms with van der Waals surface area (Å²) in [6.45, 7) is 1.24. The Morgan fingerprint density at radius 2 is 1.80 bits per heavy atom. The lowest BCUT2D eigenvalue weighted by Crippen LogP contribution is -2.52. The van der Waals surface area contributed by atoms with Crippen molar-refractivity contribution in [3.8, 4) is 0 Å². The van der Waals surface area contributed by atoms with Gasteiger partial charge in [0.2, 0.25) is 0 Å². The Morgan fingerprint density at radius 3 is 2.27 bits per heavy atom. The smallest absolute Gasteiger partial charge is 0.183 e. The summed E-state index contributed by atoms with van der Waals surface area (Å²) in [5.74, 6) is 0. The fraction of sp³-hybridized carbons (Fsp3) is 0.400. The average molecular weight is 226 g/mol. The number of nitrogens with zero attached hydrogens (tertiary/aromatic N) is 1. The van der Waals surface area contributed by atoms with Gasteiger partial charge >= 0.3 is 0 Å². The number of hydrogen-bond donors (Lipinski definition) is 1. The molecule has 2 rings (SSSR count). The minimum atomic E-state index is -3.15. The van der Waals surface area contributed by atoms with Gasteiger partial charge in [0, 0.05) is 18.8 Å². The fourth-order valence-corrected chi connectivity index (χ4v) is 3.49. The van der Waals surface area contributed by atoms with Gasteiger partial charge in [0.15, 0.2) is 9.84 Å². The molecule has 0 aromatic heterocycles. The lowest BCUT2D eigenvalue weighted by Gasteiger charge is -2.35. The van der Waals surface area contributed by atoms with E-state index in [-0.39, 0.29) is 5.25 Å². The summed E-state index contributed by atoms with van der Waals surface area (Å²) in [7, 11) is -1.24. The van der Waals surface area contributed by atoms with E-state index in [2.05, 4.69) is 0 Å². The van der Waals surface area contributed by atoms with Crippen molar-refractivity contribution in [3.05, 3.63) is 24.3 Å². The Balaban J connectivity index is 2.26. The lowest BCUT2D eigenvalue weighted by atomic mass is 10.2. The Labute approximate surface area is 89.6 Å². The van der Waals surface area contributed by atoms with E-state index >= 15 is 0 Å². The van der Waals surface area contributed by atoms with Crippen molar-refractivity contribution in [1.82, 2.24) is 4.90 Å². The largest absolute Gasteiger partial charge is 0.399 e. The summed E-state index contributed by atoms with van der Waals surface area (Å²) in [6, 6.07) is 6.39. The van der Waals surface area contributed by atoms with Crippen molar-refractivity contribution in [2.45, 2.75) is 10.1 Å². The molecule has 0 unspecified atom stereocenters. The number of nitrogens with two attached hydrogens (primary N) is 1. The number of sulfone groups is 1. The predicted octanol–water partition coefficient (Wildman–Crippen LogP) is 0.356. The van der Waals surface area contributed by atoms with Crippen molar-refractivity contribution in [3.63, 3.8) is 0 Å². The van der Waals surface area contributed by atoms with E-state index < -0.39 is 9.84 Å². The third kappa shape index (κ3) is 1.85. The van der Waals surface area contributed by atoms with E-state index in [4.69, 9.17) is 5.73 Å². The van der Waals surface area contributed by atoms with Crippen LogP contribution in [0.15, 0.2) is 29.2 Å². The number of anilines is 1. The molecule has 1 saturated heterocycles. The van der Waals surface area contributed by atoms with E-state index in [9.17, 15) is 8.42 Å². The van der Waals surface area contributed by atoms with Crippen LogP contribution < -0.4 is 5.73 Å². The number of benzene rings is 1. The first kappa shape index (κ1) is 10.4. The van der Waals surface area contributed by atoms with Gasteiger partial charge in [-0.15, -0.1) is 0 Å². The summed E-state index contributed by atoms with van der Waals surface area (Å²) in [5.41, 5.74) is 6.09. The first-order valence-corrected chi connectivity index (χ1v) is 6.33. The molecule has 82 valence electrons. The van der Waals surface area contributed by atoms with Crippen molar-refractivity contribution in [2.75, 3.05) is 25.9 Å². The van der Waals surface area contributed by atoms with Crippen LogP contribution in [0, 0.1) is 0 Å². The molecule has 1 heterocycles. The molecule has 1 aliphatic heterocycles. The molecule has 0 atom stereocenters. The van der Waals surface area contributed by atoms with Crippen LogP contribution in [0.2, 0.25) is 0 Å². The van der Waals surface area contributed by atoms with Gasteiger partial charge in [-0.05, 0) is 31.3 Å². The first-order valence-electron chi connectivity index (χ1n) is 4.78. The van der Waals surface area contributed by atoms with Gasteiger partial charge < -0.3 is 10.6 Å². The highest BCUT2D eigenvalue weighted by molar-refractivity contribution is 7.92. The van der Waals surface area contributed by atoms with Crippen LogP contribution in [0.1, 0.15) is 0 Å². The van der Waals surface area contributed by atoms with Gasteiger partial charge in [-0.3, -0.25) is 0 Å². The highest BCUT2D eigenvalue weighted by atomic mass is 32.2. The number of likely N-dealkylation sites (tertiary alicyclic amines) is 1. The summed E-state index contributed by atoms with van der Waals surface area (Å²) >= 11 is 0. The van der Waals surface area contributed by atoms with Gasteiger partial charge in [0.1, 0.15) is 0 Å². The second kappa shape index (κ2) is 3.50. The molecule has 4 nitrogen and oxygen atoms in total. The van der Waals surface area contributed by atoms with Crippen molar-refractivity contribution >= 4 is 15.5 Å². The van der Waals surface area contributed by atoms with Crippen molar-refractivity contribution in [2.24, 2.45) is 0 Å². The molecule has 0 aliphatic carbocycles. The zero-order valence-electron chi connectivity index (χ0n) is 8.55. The Hall–Kier alpha value is -1.07. The summed E-state index contributed by atoms with van der Waals surface area (Å²) in [6.07, 6.45) is 0. The molecule has 0 bridgehead atoms. The van der Waals surface area contributed by atoms with Gasteiger partial charge in [-0.25, -0.2) is 8.42 Å². The highest BCUT2D eigenvalue weighted by Gasteiger charge is 2.35. The Kier molecular flexibility index (Phi) is 2.44. The standard InChI is InChI=1S/C10H14N2O2S/c1-12-6-10(7-12)15(13,14)9-4-2-8(11)3-5-9/h2-5,10H,6-7,11H2,1H3. The predicted molar refractivity (Wildman–Crippen MR) is 59.3 cm³/mol. The maximum Gasteiger partial charge on any atom is 0.183 e. The number of hydrogen-bond acceptors (Lipinski definition) is 4. The molecular weight excluding hydrogens is 212 g/mol. The second-order valence-electron chi connectivity index (χ2n) is 3.96. The molecule has 1 aromatic rings. The quantitative estimate of drug-likeness (QED) is 0.739. The van der Waals surface area contributed by atoms with Crippen LogP contribution in [-0.2, 0) is 9.84 Å². The first-order chi connectivity index (χ1) is 7.00. The Bertz CT molecular complexity index is 447. The molecule has 0 radical (unpaired) electrons. The van der Waals surface area contributed by atoms with Crippen LogP contribution in [0.4, 0.5) is 5.69 Å². The van der Waals surface area contributed by atoms with Gasteiger partial charge in [-0.1, -0.05) is 0 Å². The molecule has 0 saturated carbocycles. The van der Waals surface area contributed by atoms with Crippen molar-refractivity contribution < 1.29 is 8.42 Å². The van der Waals surface area contributed by atoms with Crippen LogP contribution in [-0.4, -0.2) is 38.7 Å². The van der Waals surface area contributed by atoms with E-state index in [1.807, 2.05) is 11.9 Å². The summed E-state index contributed by atoms with van der Waals surface area (Å²) in [5, 5.41) is -0.258. The SMILES string of the molecule is CN1CC(S(=O)(=O)c2ccc(N)cc2)C1. The minimum Gasteiger partial charge on any atom is -0.399 e. The van der Waals surface area contributed by atoms with Crippen LogP contribution in [0.3, 0.4) is 0 Å². The fourth-order valence-electron chi connectivity index (χ4n) is 1.69. The maximum absolute atomic E-state index is 12.0. The van der Waals surface area contributed by atoms with E-state index in [1.165, 1.54) is 0 Å². The Morgan fingerprint density at radius 1 is 1.27 bits per heavy atom. The van der Waals surface area contributed by atoms with E-state index in [0.717, 1.165) is 0 Å². The highest BCUT2D eigenvalue weighted by Crippen LogP contribution is 2.23. The zero-order valence-corrected chi connectivity index (χ0v) is 9.37. The third-order valence-corrected chi connectivity index (χ3v) is 4.78. The van der Waals surface area contributed by atoms with Gasteiger partial charge in [-0.2, -0.15) is 0 Å². The zero-order chi connectivity index (χ0) is 11.1. The van der Waals surface area contributed by atoms with Gasteiger partial charge in [0.25, 0.3) is 0 Å². The monoisotopic (exact) mass is 226 g/mol. The molecule has 0 amide bonds. The van der Waals surface area contributed by atoms with Gasteiger partial charge in [0.05, 0.1) is 10.1 Å². The molecular formula is C10H14N2O2S. The minimum absolute atomic E-state index is 0.258. The van der Waals surface area contributed by atoms with Crippen LogP contribution >= 0.6 is 0 Å². The normalized spacial score (nSPS) is 18.7. The third-order valence-electron chi connectivity index (χ3n) is 2.68. The van der Waals surface area contributed by atoms with Crippen LogP contribution in [0.5, 0.6) is 0 Å². The number of rotatable bonds is 2. The molecule has 1 fully saturated rings. The van der Waals surface area contributed by atoms with E-state index in [1.54, 1.807) is 24.3 Å².